The summed E-state index contributed by atoms with van der Waals surface area (Å²) < 4.78 is 16.2. The lowest BCUT2D eigenvalue weighted by atomic mass is 10.2. The Morgan fingerprint density at radius 1 is 1.37 bits per heavy atom. The van der Waals surface area contributed by atoms with E-state index in [0.717, 1.165) is 49.8 Å². The van der Waals surface area contributed by atoms with E-state index < -0.39 is 0 Å². The van der Waals surface area contributed by atoms with Crippen LogP contribution >= 0.6 is 0 Å². The summed E-state index contributed by atoms with van der Waals surface area (Å²) in [5.74, 6) is 1.65. The first-order chi connectivity index (χ1) is 9.33. The third-order valence-corrected chi connectivity index (χ3v) is 3.19. The number of nitrogens with one attached hydrogen (secondary N) is 2. The Balaban J connectivity index is 1.84. The molecule has 1 aromatic rings. The Labute approximate surface area is 114 Å². The van der Waals surface area contributed by atoms with E-state index in [1.807, 2.05) is 18.2 Å². The molecular weight excluding hydrogens is 244 g/mol. The van der Waals surface area contributed by atoms with Crippen LogP contribution in [0, 0.1) is 0 Å². The monoisotopic (exact) mass is 266 g/mol. The molecule has 0 bridgehead atoms. The fourth-order valence-electron chi connectivity index (χ4n) is 2.12. The number of hydrogen-bond donors (Lipinski definition) is 2. The van der Waals surface area contributed by atoms with E-state index in [9.17, 15) is 0 Å². The van der Waals surface area contributed by atoms with Gasteiger partial charge in [-0.1, -0.05) is 6.07 Å². The molecule has 1 aliphatic heterocycles. The van der Waals surface area contributed by atoms with Gasteiger partial charge in [0.05, 0.1) is 26.9 Å². The second-order valence-corrected chi connectivity index (χ2v) is 4.51. The highest BCUT2D eigenvalue weighted by Gasteiger charge is 2.13. The van der Waals surface area contributed by atoms with Gasteiger partial charge in [0, 0.05) is 37.8 Å². The zero-order valence-electron chi connectivity index (χ0n) is 11.6. The molecule has 19 heavy (non-hydrogen) atoms. The highest BCUT2D eigenvalue weighted by atomic mass is 16.5. The Kier molecular flexibility index (Phi) is 5.44. The van der Waals surface area contributed by atoms with E-state index >= 15 is 0 Å². The molecule has 2 N–H and O–H groups in total. The van der Waals surface area contributed by atoms with Crippen molar-refractivity contribution in [2.45, 2.75) is 12.6 Å². The molecule has 5 heteroatoms. The number of morpholine rings is 1. The molecule has 0 aromatic heterocycles. The molecule has 1 heterocycles. The minimum absolute atomic E-state index is 0.248. The SMILES string of the molecule is COc1ccc(CNCC2CNCCO2)c(OC)c1. The fourth-order valence-corrected chi connectivity index (χ4v) is 2.12. The van der Waals surface area contributed by atoms with Gasteiger partial charge in [0.25, 0.3) is 0 Å². The van der Waals surface area contributed by atoms with Crippen molar-refractivity contribution in [1.82, 2.24) is 10.6 Å². The number of ether oxygens (including phenoxy) is 3. The third-order valence-electron chi connectivity index (χ3n) is 3.19. The summed E-state index contributed by atoms with van der Waals surface area (Å²) in [7, 11) is 3.33. The topological polar surface area (TPSA) is 51.8 Å². The first kappa shape index (κ1) is 14.1. The quantitative estimate of drug-likeness (QED) is 0.797. The average Bonchev–Trinajstić information content (AvgIpc) is 2.48. The van der Waals surface area contributed by atoms with Crippen molar-refractivity contribution >= 4 is 0 Å². The van der Waals surface area contributed by atoms with E-state index in [2.05, 4.69) is 10.6 Å². The van der Waals surface area contributed by atoms with Crippen LogP contribution in [-0.4, -0.2) is 46.6 Å². The summed E-state index contributed by atoms with van der Waals surface area (Å²) in [6, 6.07) is 5.86. The maximum absolute atomic E-state index is 5.63. The van der Waals surface area contributed by atoms with Crippen molar-refractivity contribution in [3.8, 4) is 11.5 Å². The molecule has 1 aliphatic rings. The van der Waals surface area contributed by atoms with Crippen molar-refractivity contribution in [3.63, 3.8) is 0 Å². The van der Waals surface area contributed by atoms with Crippen molar-refractivity contribution in [2.75, 3.05) is 40.5 Å². The minimum Gasteiger partial charge on any atom is -0.497 e. The van der Waals surface area contributed by atoms with Crippen LogP contribution in [0.2, 0.25) is 0 Å². The second-order valence-electron chi connectivity index (χ2n) is 4.51. The predicted octanol–water partition coefficient (Wildman–Crippen LogP) is 0.782. The zero-order chi connectivity index (χ0) is 13.5. The predicted molar refractivity (Wildman–Crippen MR) is 73.9 cm³/mol. The molecule has 0 saturated carbocycles. The maximum Gasteiger partial charge on any atom is 0.127 e. The Hall–Kier alpha value is -1.30. The van der Waals surface area contributed by atoms with Crippen LogP contribution in [0.4, 0.5) is 0 Å². The van der Waals surface area contributed by atoms with Gasteiger partial charge in [-0.15, -0.1) is 0 Å². The highest BCUT2D eigenvalue weighted by Crippen LogP contribution is 2.24. The molecule has 1 atom stereocenters. The van der Waals surface area contributed by atoms with Crippen LogP contribution in [-0.2, 0) is 11.3 Å². The van der Waals surface area contributed by atoms with E-state index in [4.69, 9.17) is 14.2 Å². The van der Waals surface area contributed by atoms with Gasteiger partial charge < -0.3 is 24.8 Å². The molecule has 5 nitrogen and oxygen atoms in total. The van der Waals surface area contributed by atoms with E-state index in [-0.39, 0.29) is 6.10 Å². The molecule has 1 fully saturated rings. The van der Waals surface area contributed by atoms with Crippen molar-refractivity contribution in [1.29, 1.82) is 0 Å². The van der Waals surface area contributed by atoms with Gasteiger partial charge >= 0.3 is 0 Å². The Morgan fingerprint density at radius 2 is 2.26 bits per heavy atom. The summed E-state index contributed by atoms with van der Waals surface area (Å²) in [6.07, 6.45) is 0.248. The summed E-state index contributed by atoms with van der Waals surface area (Å²) in [5.41, 5.74) is 1.12. The van der Waals surface area contributed by atoms with Crippen LogP contribution in [0.1, 0.15) is 5.56 Å². The molecule has 0 aliphatic carbocycles. The van der Waals surface area contributed by atoms with Crippen LogP contribution in [0.15, 0.2) is 18.2 Å². The zero-order valence-corrected chi connectivity index (χ0v) is 11.6. The van der Waals surface area contributed by atoms with Crippen LogP contribution in [0.5, 0.6) is 11.5 Å². The molecule has 0 radical (unpaired) electrons. The van der Waals surface area contributed by atoms with Crippen LogP contribution < -0.4 is 20.1 Å². The lowest BCUT2D eigenvalue weighted by molar-refractivity contribution is 0.0290. The van der Waals surface area contributed by atoms with E-state index in [0.29, 0.717) is 0 Å². The van der Waals surface area contributed by atoms with E-state index in [1.54, 1.807) is 14.2 Å². The number of hydrogen-bond acceptors (Lipinski definition) is 5. The maximum atomic E-state index is 5.63. The summed E-state index contributed by atoms with van der Waals surface area (Å²) in [6.45, 7) is 4.24. The number of benzene rings is 1. The van der Waals surface area contributed by atoms with Crippen molar-refractivity contribution in [2.24, 2.45) is 0 Å². The first-order valence-corrected chi connectivity index (χ1v) is 6.57. The van der Waals surface area contributed by atoms with Gasteiger partial charge in [0.15, 0.2) is 0 Å². The van der Waals surface area contributed by atoms with Crippen molar-refractivity contribution < 1.29 is 14.2 Å². The first-order valence-electron chi connectivity index (χ1n) is 6.57. The normalized spacial score (nSPS) is 19.2. The second kappa shape index (κ2) is 7.33. The lowest BCUT2D eigenvalue weighted by Gasteiger charge is -2.24. The largest absolute Gasteiger partial charge is 0.497 e. The lowest BCUT2D eigenvalue weighted by Crippen LogP contribution is -2.43. The molecule has 2 rings (SSSR count). The molecule has 0 spiro atoms. The standard InChI is InChI=1S/C14H22N2O3/c1-17-12-4-3-11(14(7-12)18-2)8-16-10-13-9-15-5-6-19-13/h3-4,7,13,15-16H,5-6,8-10H2,1-2H3. The molecule has 1 aromatic carbocycles. The molecule has 1 saturated heterocycles. The van der Waals surface area contributed by atoms with Crippen molar-refractivity contribution in [3.05, 3.63) is 23.8 Å². The number of methoxy groups -OCH3 is 2. The molecular formula is C14H22N2O3. The minimum atomic E-state index is 0.248. The Morgan fingerprint density at radius 3 is 2.95 bits per heavy atom. The third kappa shape index (κ3) is 4.09. The highest BCUT2D eigenvalue weighted by molar-refractivity contribution is 5.40. The number of rotatable bonds is 6. The van der Waals surface area contributed by atoms with Crippen LogP contribution in [0.25, 0.3) is 0 Å². The van der Waals surface area contributed by atoms with Crippen LogP contribution in [0.3, 0.4) is 0 Å². The fraction of sp³-hybridized carbons (Fsp3) is 0.571. The average molecular weight is 266 g/mol. The van der Waals surface area contributed by atoms with Gasteiger partial charge in [-0.2, -0.15) is 0 Å². The van der Waals surface area contributed by atoms with Gasteiger partial charge in [0.2, 0.25) is 0 Å². The van der Waals surface area contributed by atoms with Gasteiger partial charge in [-0.3, -0.25) is 0 Å². The Bertz CT molecular complexity index is 392. The molecule has 1 unspecified atom stereocenters. The summed E-state index contributed by atoms with van der Waals surface area (Å²) in [5, 5.41) is 6.71. The summed E-state index contributed by atoms with van der Waals surface area (Å²) in [4.78, 5) is 0. The molecule has 106 valence electrons. The van der Waals surface area contributed by atoms with Gasteiger partial charge in [0.1, 0.15) is 11.5 Å². The van der Waals surface area contributed by atoms with Gasteiger partial charge in [-0.05, 0) is 6.07 Å². The molecule has 0 amide bonds. The summed E-state index contributed by atoms with van der Waals surface area (Å²) >= 11 is 0. The van der Waals surface area contributed by atoms with Gasteiger partial charge in [-0.25, -0.2) is 0 Å². The van der Waals surface area contributed by atoms with E-state index in [1.165, 1.54) is 0 Å². The smallest absolute Gasteiger partial charge is 0.127 e.